The number of rotatable bonds is 8. The van der Waals surface area contributed by atoms with Gasteiger partial charge in [0.1, 0.15) is 5.75 Å². The van der Waals surface area contributed by atoms with Gasteiger partial charge in [0, 0.05) is 0 Å². The molecule has 2 aromatic rings. The van der Waals surface area contributed by atoms with E-state index in [1.165, 1.54) is 30.4 Å². The average Bonchev–Trinajstić information content (AvgIpc) is 2.52. The second-order valence-corrected chi connectivity index (χ2v) is 5.36. The third-order valence-corrected chi connectivity index (χ3v) is 3.84. The Kier molecular flexibility index (Phi) is 9.37. The molecule has 1 nitrogen and oxygen atoms in total. The van der Waals surface area contributed by atoms with E-state index in [-0.39, 0.29) is 17.0 Å². The van der Waals surface area contributed by atoms with Crippen LogP contribution in [-0.2, 0) is 12.6 Å². The number of hydrogen-bond acceptors (Lipinski definition) is 1. The van der Waals surface area contributed by atoms with Crippen LogP contribution in [0.3, 0.4) is 0 Å². The van der Waals surface area contributed by atoms with Crippen molar-refractivity contribution in [2.75, 3.05) is 6.61 Å². The van der Waals surface area contributed by atoms with Gasteiger partial charge in [-0.1, -0.05) is 48.5 Å². The van der Waals surface area contributed by atoms with Gasteiger partial charge in [-0.3, -0.25) is 0 Å². The fraction of sp³-hybridized carbons (Fsp3) is 0.333. The largest absolute Gasteiger partial charge is 0.493 e. The number of hydrogen-bond donors (Lipinski definition) is 0. The molecule has 0 saturated carbocycles. The maximum atomic E-state index is 5.87. The van der Waals surface area contributed by atoms with Crippen LogP contribution in [0.15, 0.2) is 54.6 Å². The highest BCUT2D eigenvalue weighted by atomic mass is 79.9. The second kappa shape index (κ2) is 10.8. The normalized spacial score (nSPS) is 9.95. The minimum absolute atomic E-state index is 0. The molecule has 0 heterocycles. The molecule has 1 unspecified atom stereocenters. The van der Waals surface area contributed by atoms with Crippen molar-refractivity contribution in [2.24, 2.45) is 0 Å². The number of ether oxygens (including phenoxy) is 1. The zero-order valence-corrected chi connectivity index (χ0v) is 15.2. The van der Waals surface area contributed by atoms with Crippen molar-refractivity contribution < 1.29 is 4.74 Å². The molecule has 0 fully saturated rings. The van der Waals surface area contributed by atoms with Crippen LogP contribution in [0.5, 0.6) is 5.75 Å². The third kappa shape index (κ3) is 6.63. The highest BCUT2D eigenvalue weighted by molar-refractivity contribution is 8.93. The lowest BCUT2D eigenvalue weighted by Gasteiger charge is -2.10. The molecule has 2 rings (SSSR count). The van der Waals surface area contributed by atoms with Crippen molar-refractivity contribution in [3.63, 3.8) is 0 Å². The Bertz CT molecular complexity index is 502. The summed E-state index contributed by atoms with van der Waals surface area (Å²) in [7, 11) is 2.76. The van der Waals surface area contributed by atoms with Gasteiger partial charge in [0.25, 0.3) is 0 Å². The van der Waals surface area contributed by atoms with Crippen molar-refractivity contribution >= 4 is 26.2 Å². The van der Waals surface area contributed by atoms with Gasteiger partial charge in [0.2, 0.25) is 0 Å². The van der Waals surface area contributed by atoms with E-state index in [4.69, 9.17) is 4.74 Å². The average molecular weight is 367 g/mol. The van der Waals surface area contributed by atoms with Crippen LogP contribution in [-0.4, -0.2) is 6.61 Å². The van der Waals surface area contributed by atoms with E-state index < -0.39 is 0 Å². The predicted molar refractivity (Wildman–Crippen MR) is 99.7 cm³/mol. The molecule has 0 aliphatic carbocycles. The summed E-state index contributed by atoms with van der Waals surface area (Å²) in [5.41, 5.74) is 2.70. The van der Waals surface area contributed by atoms with E-state index in [0.717, 1.165) is 24.9 Å². The Hall–Kier alpha value is -0.850. The molecule has 0 aromatic heterocycles. The monoisotopic (exact) mass is 366 g/mol. The molecule has 0 spiro atoms. The first-order valence-corrected chi connectivity index (χ1v) is 8.16. The highest BCUT2D eigenvalue weighted by Gasteiger charge is 2.00. The zero-order valence-electron chi connectivity index (χ0n) is 12.3. The van der Waals surface area contributed by atoms with Crippen molar-refractivity contribution in [3.05, 3.63) is 65.7 Å². The molecule has 0 aliphatic heterocycles. The number of halogens is 1. The molecule has 0 bridgehead atoms. The number of benzene rings is 2. The van der Waals surface area contributed by atoms with E-state index in [9.17, 15) is 0 Å². The second-order valence-electron chi connectivity index (χ2n) is 4.96. The molecule has 114 valence electrons. The summed E-state index contributed by atoms with van der Waals surface area (Å²) in [6.07, 6.45) is 5.70. The molecule has 1 atom stereocenters. The zero-order chi connectivity index (χ0) is 14.0. The Labute approximate surface area is 141 Å². The standard InChI is InChI=1S/C18H23OP.BrH/c20-15-17-12-6-7-13-18(17)19-14-8-2-5-11-16-9-3-1-4-10-16;/h1,3-4,6-7,9-10,12-13H,2,5,8,11,14-15,20H2;1H. The van der Waals surface area contributed by atoms with Crippen LogP contribution in [0.25, 0.3) is 0 Å². The first kappa shape index (κ1) is 18.2. The van der Waals surface area contributed by atoms with Crippen molar-refractivity contribution in [2.45, 2.75) is 31.8 Å². The molecular formula is C18H24BrOP. The summed E-state index contributed by atoms with van der Waals surface area (Å²) in [4.78, 5) is 0. The minimum atomic E-state index is 0. The Morgan fingerprint density at radius 1 is 0.810 bits per heavy atom. The first-order valence-electron chi connectivity index (χ1n) is 7.35. The molecular weight excluding hydrogens is 343 g/mol. The van der Waals surface area contributed by atoms with E-state index in [1.54, 1.807) is 0 Å². The van der Waals surface area contributed by atoms with Crippen LogP contribution >= 0.6 is 26.2 Å². The number of unbranched alkanes of at least 4 members (excludes halogenated alkanes) is 2. The fourth-order valence-corrected chi connectivity index (χ4v) is 2.59. The molecule has 0 aliphatic rings. The molecule has 0 saturated heterocycles. The van der Waals surface area contributed by atoms with Gasteiger partial charge in [0.15, 0.2) is 0 Å². The molecule has 0 amide bonds. The van der Waals surface area contributed by atoms with Crippen LogP contribution in [0, 0.1) is 0 Å². The molecule has 3 heteroatoms. The van der Waals surface area contributed by atoms with Crippen LogP contribution in [0.2, 0.25) is 0 Å². The van der Waals surface area contributed by atoms with Crippen LogP contribution in [0.4, 0.5) is 0 Å². The SMILES string of the molecule is Br.PCc1ccccc1OCCCCCc1ccccc1. The quantitative estimate of drug-likeness (QED) is 0.447. The van der Waals surface area contributed by atoms with Gasteiger partial charge in [-0.15, -0.1) is 26.2 Å². The summed E-state index contributed by atoms with van der Waals surface area (Å²) in [5.74, 6) is 1.03. The van der Waals surface area contributed by atoms with E-state index in [2.05, 4.69) is 57.8 Å². The predicted octanol–water partition coefficient (Wildman–Crippen LogP) is 5.43. The Morgan fingerprint density at radius 3 is 2.29 bits per heavy atom. The van der Waals surface area contributed by atoms with Crippen molar-refractivity contribution in [3.8, 4) is 5.75 Å². The first-order chi connectivity index (χ1) is 9.90. The van der Waals surface area contributed by atoms with Crippen molar-refractivity contribution in [1.29, 1.82) is 0 Å². The molecule has 0 N–H and O–H groups in total. The van der Waals surface area contributed by atoms with Gasteiger partial charge < -0.3 is 4.74 Å². The van der Waals surface area contributed by atoms with Gasteiger partial charge >= 0.3 is 0 Å². The summed E-state index contributed by atoms with van der Waals surface area (Å²) < 4.78 is 5.87. The third-order valence-electron chi connectivity index (χ3n) is 3.40. The smallest absolute Gasteiger partial charge is 0.122 e. The highest BCUT2D eigenvalue weighted by Crippen LogP contribution is 2.20. The summed E-state index contributed by atoms with van der Waals surface area (Å²) in [5, 5.41) is 0. The van der Waals surface area contributed by atoms with Gasteiger partial charge in [-0.2, -0.15) is 0 Å². The maximum absolute atomic E-state index is 5.87. The van der Waals surface area contributed by atoms with Gasteiger partial charge in [-0.25, -0.2) is 0 Å². The summed E-state index contributed by atoms with van der Waals surface area (Å²) >= 11 is 0. The van der Waals surface area contributed by atoms with Crippen LogP contribution < -0.4 is 4.74 Å². The lowest BCUT2D eigenvalue weighted by Crippen LogP contribution is -1.99. The molecule has 21 heavy (non-hydrogen) atoms. The maximum Gasteiger partial charge on any atom is 0.122 e. The topological polar surface area (TPSA) is 9.23 Å². The van der Waals surface area contributed by atoms with Crippen LogP contribution in [0.1, 0.15) is 30.4 Å². The van der Waals surface area contributed by atoms with Crippen molar-refractivity contribution in [1.82, 2.24) is 0 Å². The summed E-state index contributed by atoms with van der Waals surface area (Å²) in [6.45, 7) is 0.816. The molecule has 2 aromatic carbocycles. The lowest BCUT2D eigenvalue weighted by molar-refractivity contribution is 0.303. The Balaban J connectivity index is 0.00000220. The van der Waals surface area contributed by atoms with E-state index in [0.29, 0.717) is 0 Å². The number of para-hydroxylation sites is 1. The molecule has 0 radical (unpaired) electrons. The fourth-order valence-electron chi connectivity index (χ4n) is 2.25. The lowest BCUT2D eigenvalue weighted by atomic mass is 10.1. The van der Waals surface area contributed by atoms with Gasteiger partial charge in [-0.05, 0) is 49.0 Å². The van der Waals surface area contributed by atoms with E-state index in [1.807, 2.05) is 6.07 Å². The number of aryl methyl sites for hydroxylation is 1. The van der Waals surface area contributed by atoms with Gasteiger partial charge in [0.05, 0.1) is 6.61 Å². The minimum Gasteiger partial charge on any atom is -0.493 e. The summed E-state index contributed by atoms with van der Waals surface area (Å²) in [6, 6.07) is 19.0. The van der Waals surface area contributed by atoms with E-state index >= 15 is 0 Å². The Morgan fingerprint density at radius 2 is 1.52 bits per heavy atom.